The van der Waals surface area contributed by atoms with Crippen molar-refractivity contribution < 1.29 is 0 Å². The highest BCUT2D eigenvalue weighted by atomic mass is 35.5. The summed E-state index contributed by atoms with van der Waals surface area (Å²) in [5, 5.41) is 3.50. The van der Waals surface area contributed by atoms with Gasteiger partial charge in [0.05, 0.1) is 0 Å². The minimum Gasteiger partial charge on any atom is -0.311 e. The summed E-state index contributed by atoms with van der Waals surface area (Å²) in [6.07, 6.45) is 1.21. The maximum atomic E-state index is 5.64. The molecule has 0 bridgehead atoms. The molecule has 0 amide bonds. The lowest BCUT2D eigenvalue weighted by atomic mass is 10.1. The van der Waals surface area contributed by atoms with E-state index < -0.39 is 0 Å². The lowest BCUT2D eigenvalue weighted by Gasteiger charge is -2.33. The molecule has 2 nitrogen and oxygen atoms in total. The highest BCUT2D eigenvalue weighted by molar-refractivity contribution is 6.25. The Morgan fingerprint density at radius 3 is 3.08 bits per heavy atom. The van der Waals surface area contributed by atoms with Crippen LogP contribution in [-0.2, 0) is 0 Å². The molecule has 1 unspecified atom stereocenters. The fourth-order valence-electron chi connectivity index (χ4n) is 1.70. The molecular weight excluding hydrogens is 184 g/mol. The molecule has 1 fully saturated rings. The Balaban J connectivity index is 2.34. The summed E-state index contributed by atoms with van der Waals surface area (Å²) < 4.78 is 0. The third-order valence-electron chi connectivity index (χ3n) is 2.49. The van der Waals surface area contributed by atoms with Crippen LogP contribution in [0.5, 0.6) is 0 Å². The predicted octanol–water partition coefficient (Wildman–Crippen LogP) is 1.81. The molecule has 0 aromatic carbocycles. The second kappa shape index (κ2) is 5.63. The van der Waals surface area contributed by atoms with Crippen molar-refractivity contribution >= 4 is 11.6 Å². The van der Waals surface area contributed by atoms with E-state index in [4.69, 9.17) is 11.6 Å². The van der Waals surface area contributed by atoms with E-state index in [0.29, 0.717) is 6.04 Å². The normalized spacial score (nSPS) is 26.4. The minimum atomic E-state index is 0.664. The van der Waals surface area contributed by atoms with Gasteiger partial charge in [0.15, 0.2) is 0 Å². The zero-order chi connectivity index (χ0) is 9.68. The van der Waals surface area contributed by atoms with Gasteiger partial charge in [-0.05, 0) is 18.9 Å². The first kappa shape index (κ1) is 11.0. The molecule has 1 aliphatic rings. The number of hydrogen-bond acceptors (Lipinski definition) is 2. The van der Waals surface area contributed by atoms with Gasteiger partial charge in [-0.25, -0.2) is 0 Å². The van der Waals surface area contributed by atoms with E-state index in [-0.39, 0.29) is 0 Å². The second-order valence-corrected chi connectivity index (χ2v) is 3.97. The van der Waals surface area contributed by atoms with E-state index in [2.05, 4.69) is 24.1 Å². The van der Waals surface area contributed by atoms with Gasteiger partial charge >= 0.3 is 0 Å². The second-order valence-electron chi connectivity index (χ2n) is 3.75. The van der Waals surface area contributed by atoms with Gasteiger partial charge in [0, 0.05) is 37.8 Å². The Morgan fingerprint density at radius 2 is 2.46 bits per heavy atom. The summed E-state index contributed by atoms with van der Waals surface area (Å²) in [5.41, 5.74) is 2.93. The Labute approximate surface area is 85.9 Å². The number of nitrogens with one attached hydrogen (secondary N) is 1. The van der Waals surface area contributed by atoms with Crippen molar-refractivity contribution in [1.82, 2.24) is 10.2 Å². The Kier molecular flexibility index (Phi) is 4.78. The molecule has 1 heterocycles. The molecule has 1 aliphatic heterocycles. The Hall–Kier alpha value is -0.0500. The van der Waals surface area contributed by atoms with Crippen molar-refractivity contribution in [2.45, 2.75) is 26.3 Å². The van der Waals surface area contributed by atoms with Crippen LogP contribution in [0.25, 0.3) is 0 Å². The molecule has 0 aliphatic carbocycles. The molecule has 1 N–H and O–H groups in total. The molecule has 3 heteroatoms. The van der Waals surface area contributed by atoms with Crippen molar-refractivity contribution in [3.8, 4) is 0 Å². The lowest BCUT2D eigenvalue weighted by Crippen LogP contribution is -2.50. The third kappa shape index (κ3) is 3.67. The first-order valence-electron chi connectivity index (χ1n) is 4.97. The molecule has 1 saturated heterocycles. The zero-order valence-corrected chi connectivity index (χ0v) is 9.27. The van der Waals surface area contributed by atoms with Crippen LogP contribution in [-0.4, -0.2) is 37.1 Å². The maximum Gasteiger partial charge on any atom is 0.0203 e. The number of rotatable bonds is 3. The van der Waals surface area contributed by atoms with Gasteiger partial charge < -0.3 is 5.32 Å². The first-order valence-corrected chi connectivity index (χ1v) is 5.41. The average molecular weight is 203 g/mol. The van der Waals surface area contributed by atoms with E-state index in [9.17, 15) is 0 Å². The molecule has 13 heavy (non-hydrogen) atoms. The highest BCUT2D eigenvalue weighted by Gasteiger charge is 2.17. The van der Waals surface area contributed by atoms with Crippen molar-refractivity contribution in [3.05, 3.63) is 11.1 Å². The third-order valence-corrected chi connectivity index (χ3v) is 2.86. The van der Waals surface area contributed by atoms with Crippen LogP contribution in [0, 0.1) is 0 Å². The van der Waals surface area contributed by atoms with Crippen LogP contribution in [0.3, 0.4) is 0 Å². The first-order chi connectivity index (χ1) is 6.26. The summed E-state index contributed by atoms with van der Waals surface area (Å²) in [6, 6.07) is 0.664. The summed E-state index contributed by atoms with van der Waals surface area (Å²) in [5.74, 6) is 0. The van der Waals surface area contributed by atoms with Crippen LogP contribution in [0.1, 0.15) is 20.3 Å². The molecule has 76 valence electrons. The maximum absolute atomic E-state index is 5.64. The lowest BCUT2D eigenvalue weighted by molar-refractivity contribution is 0.211. The topological polar surface area (TPSA) is 15.3 Å². The largest absolute Gasteiger partial charge is 0.311 e. The van der Waals surface area contributed by atoms with Gasteiger partial charge in [-0.15, -0.1) is 0 Å². The van der Waals surface area contributed by atoms with Crippen LogP contribution >= 0.6 is 11.6 Å². The molecule has 1 rings (SSSR count). The van der Waals surface area contributed by atoms with E-state index >= 15 is 0 Å². The van der Waals surface area contributed by atoms with Crippen LogP contribution in [0.4, 0.5) is 0 Å². The average Bonchev–Trinajstić information content (AvgIpc) is 2.18. The fourth-order valence-corrected chi connectivity index (χ4v) is 1.77. The molecule has 1 atom stereocenters. The SMILES string of the molecule is CCC1CN(C/C(C)=C/Cl)CCN1. The van der Waals surface area contributed by atoms with Crippen molar-refractivity contribution in [2.24, 2.45) is 0 Å². The Bertz CT molecular complexity index is 180. The highest BCUT2D eigenvalue weighted by Crippen LogP contribution is 2.06. The van der Waals surface area contributed by atoms with Crippen molar-refractivity contribution in [3.63, 3.8) is 0 Å². The summed E-state index contributed by atoms with van der Waals surface area (Å²) in [4.78, 5) is 2.46. The number of halogens is 1. The smallest absolute Gasteiger partial charge is 0.0203 e. The molecule has 0 saturated carbocycles. The van der Waals surface area contributed by atoms with Gasteiger partial charge in [-0.3, -0.25) is 4.90 Å². The van der Waals surface area contributed by atoms with E-state index in [1.54, 1.807) is 5.54 Å². The van der Waals surface area contributed by atoms with E-state index in [1.165, 1.54) is 12.0 Å². The summed E-state index contributed by atoms with van der Waals surface area (Å²) in [6.45, 7) is 8.72. The number of nitrogens with zero attached hydrogens (tertiary/aromatic N) is 1. The fraction of sp³-hybridized carbons (Fsp3) is 0.800. The zero-order valence-electron chi connectivity index (χ0n) is 8.52. The predicted molar refractivity (Wildman–Crippen MR) is 58.1 cm³/mol. The quantitative estimate of drug-likeness (QED) is 0.751. The van der Waals surface area contributed by atoms with Gasteiger partial charge in [0.1, 0.15) is 0 Å². The van der Waals surface area contributed by atoms with Crippen LogP contribution in [0.15, 0.2) is 11.1 Å². The Morgan fingerprint density at radius 1 is 1.69 bits per heavy atom. The standard InChI is InChI=1S/C10H19ClN2/c1-3-10-8-13(5-4-12-10)7-9(2)6-11/h6,10,12H,3-5,7-8H2,1-2H3/b9-6+. The van der Waals surface area contributed by atoms with E-state index in [1.807, 2.05) is 0 Å². The minimum absolute atomic E-state index is 0.664. The molecular formula is C10H19ClN2. The molecule has 0 radical (unpaired) electrons. The van der Waals surface area contributed by atoms with E-state index in [0.717, 1.165) is 26.2 Å². The van der Waals surface area contributed by atoms with Gasteiger partial charge in [0.2, 0.25) is 0 Å². The number of piperazine rings is 1. The van der Waals surface area contributed by atoms with Crippen molar-refractivity contribution in [1.29, 1.82) is 0 Å². The summed E-state index contributed by atoms with van der Waals surface area (Å²) in [7, 11) is 0. The van der Waals surface area contributed by atoms with Gasteiger partial charge in [-0.2, -0.15) is 0 Å². The molecule has 0 aromatic rings. The van der Waals surface area contributed by atoms with Gasteiger partial charge in [0.25, 0.3) is 0 Å². The van der Waals surface area contributed by atoms with Crippen LogP contribution < -0.4 is 5.32 Å². The monoisotopic (exact) mass is 202 g/mol. The van der Waals surface area contributed by atoms with Crippen LogP contribution in [0.2, 0.25) is 0 Å². The molecule has 0 spiro atoms. The number of hydrogen-bond donors (Lipinski definition) is 1. The molecule has 0 aromatic heterocycles. The van der Waals surface area contributed by atoms with Gasteiger partial charge in [-0.1, -0.05) is 18.5 Å². The van der Waals surface area contributed by atoms with Crippen molar-refractivity contribution in [2.75, 3.05) is 26.2 Å². The summed E-state index contributed by atoms with van der Waals surface area (Å²) >= 11 is 5.64.